The molecule has 2 fully saturated rings. The van der Waals surface area contributed by atoms with Gasteiger partial charge in [-0.25, -0.2) is 0 Å². The predicted molar refractivity (Wildman–Crippen MR) is 200 cm³/mol. The van der Waals surface area contributed by atoms with Crippen molar-refractivity contribution >= 4 is 23.1 Å². The van der Waals surface area contributed by atoms with Gasteiger partial charge in [-0.05, 0) is 109 Å². The van der Waals surface area contributed by atoms with Gasteiger partial charge in [0.25, 0.3) is 0 Å². The molecule has 3 aromatic rings. The molecular weight excluding hydrogens is 604 g/mol. The van der Waals surface area contributed by atoms with Crippen molar-refractivity contribution in [3.63, 3.8) is 0 Å². The van der Waals surface area contributed by atoms with Crippen molar-refractivity contribution in [3.8, 4) is 0 Å². The third kappa shape index (κ3) is 7.74. The number of hydrogen-bond donors (Lipinski definition) is 0. The third-order valence-corrected chi connectivity index (χ3v) is 11.5. The summed E-state index contributed by atoms with van der Waals surface area (Å²) in [5.74, 6) is 0.733. The fraction of sp³-hybridized carbons (Fsp3) is 0.511. The number of ketones is 4. The highest BCUT2D eigenvalue weighted by Gasteiger charge is 2.30. The molecule has 4 nitrogen and oxygen atoms in total. The summed E-state index contributed by atoms with van der Waals surface area (Å²) in [6.45, 7) is 11.8. The Bertz CT molecular complexity index is 1630. The lowest BCUT2D eigenvalue weighted by Crippen LogP contribution is -2.17. The highest BCUT2D eigenvalue weighted by Crippen LogP contribution is 2.44. The Kier molecular flexibility index (Phi) is 12.2. The Morgan fingerprint density at radius 1 is 0.510 bits per heavy atom. The number of Topliss-reactive ketones (excluding diaryl/α,β-unsaturated/α-hetero) is 4. The van der Waals surface area contributed by atoms with E-state index in [1.165, 1.54) is 38.5 Å². The molecule has 0 heterocycles. The first-order chi connectivity index (χ1) is 23.6. The third-order valence-electron chi connectivity index (χ3n) is 11.5. The van der Waals surface area contributed by atoms with Crippen LogP contribution in [0.5, 0.6) is 0 Å². The zero-order valence-corrected chi connectivity index (χ0v) is 30.8. The van der Waals surface area contributed by atoms with Gasteiger partial charge in [-0.2, -0.15) is 0 Å². The first-order valence-electron chi connectivity index (χ1n) is 19.2. The molecule has 0 unspecified atom stereocenters. The number of hydrogen-bond acceptors (Lipinski definition) is 4. The van der Waals surface area contributed by atoms with E-state index in [0.717, 1.165) is 75.8 Å². The zero-order valence-electron chi connectivity index (χ0n) is 30.8. The van der Waals surface area contributed by atoms with Crippen LogP contribution in [0.1, 0.15) is 216 Å². The summed E-state index contributed by atoms with van der Waals surface area (Å²) in [4.78, 5) is 53.4. The van der Waals surface area contributed by atoms with Gasteiger partial charge in [0.05, 0.1) is 0 Å². The van der Waals surface area contributed by atoms with Gasteiger partial charge >= 0.3 is 0 Å². The highest BCUT2D eigenvalue weighted by molar-refractivity contribution is 6.09. The van der Waals surface area contributed by atoms with Gasteiger partial charge in [0.1, 0.15) is 0 Å². The van der Waals surface area contributed by atoms with Crippen molar-refractivity contribution in [1.29, 1.82) is 0 Å². The Hall–Kier alpha value is -3.66. The van der Waals surface area contributed by atoms with Crippen LogP contribution in [0, 0.1) is 13.8 Å². The van der Waals surface area contributed by atoms with E-state index < -0.39 is 0 Å². The van der Waals surface area contributed by atoms with Gasteiger partial charge in [0, 0.05) is 53.9 Å². The van der Waals surface area contributed by atoms with Crippen LogP contribution in [0.15, 0.2) is 42.5 Å². The molecule has 0 aromatic heterocycles. The topological polar surface area (TPSA) is 68.3 Å². The second-order valence-electron chi connectivity index (χ2n) is 14.6. The lowest BCUT2D eigenvalue weighted by atomic mass is 9.73. The Labute approximate surface area is 294 Å². The lowest BCUT2D eigenvalue weighted by Gasteiger charge is -2.30. The minimum absolute atomic E-state index is 0.0312. The van der Waals surface area contributed by atoms with E-state index in [1.54, 1.807) is 0 Å². The van der Waals surface area contributed by atoms with E-state index in [-0.39, 0.29) is 29.1 Å². The molecule has 49 heavy (non-hydrogen) atoms. The average molecular weight is 661 g/mol. The monoisotopic (exact) mass is 660 g/mol. The second kappa shape index (κ2) is 16.4. The largest absolute Gasteiger partial charge is 0.294 e. The molecule has 2 saturated carbocycles. The number of carbonyl (C=O) groups excluding carboxylic acids is 4. The fourth-order valence-electron chi connectivity index (χ4n) is 8.60. The minimum Gasteiger partial charge on any atom is -0.294 e. The molecule has 0 radical (unpaired) electrons. The lowest BCUT2D eigenvalue weighted by molar-refractivity contribution is 0.0955. The van der Waals surface area contributed by atoms with Gasteiger partial charge in [0.2, 0.25) is 0 Å². The summed E-state index contributed by atoms with van der Waals surface area (Å²) in [5.41, 5.74) is 10.3. The number of benzene rings is 3. The summed E-state index contributed by atoms with van der Waals surface area (Å²) < 4.78 is 0. The molecule has 3 aromatic carbocycles. The van der Waals surface area contributed by atoms with Crippen molar-refractivity contribution < 1.29 is 19.2 Å². The van der Waals surface area contributed by atoms with E-state index in [4.69, 9.17) is 0 Å². The Morgan fingerprint density at radius 3 is 1.31 bits per heavy atom. The van der Waals surface area contributed by atoms with E-state index in [2.05, 4.69) is 38.1 Å². The van der Waals surface area contributed by atoms with Crippen LogP contribution in [0.4, 0.5) is 0 Å². The van der Waals surface area contributed by atoms with Gasteiger partial charge in [0.15, 0.2) is 23.1 Å². The molecule has 0 amide bonds. The summed E-state index contributed by atoms with van der Waals surface area (Å²) >= 11 is 0. The molecule has 0 atom stereocenters. The first-order valence-corrected chi connectivity index (χ1v) is 19.2. The second-order valence-corrected chi connectivity index (χ2v) is 14.6. The van der Waals surface area contributed by atoms with E-state index in [1.807, 2.05) is 45.9 Å². The Balaban J connectivity index is 1.83. The Morgan fingerprint density at radius 2 is 0.898 bits per heavy atom. The van der Waals surface area contributed by atoms with Gasteiger partial charge in [-0.1, -0.05) is 90.5 Å². The van der Waals surface area contributed by atoms with E-state index in [0.29, 0.717) is 48.6 Å². The molecule has 0 saturated heterocycles. The van der Waals surface area contributed by atoms with Crippen LogP contribution in [0.25, 0.3) is 0 Å². The van der Waals surface area contributed by atoms with Gasteiger partial charge in [-0.3, -0.25) is 19.2 Å². The minimum atomic E-state index is -0.240. The van der Waals surface area contributed by atoms with Crippen molar-refractivity contribution in [2.75, 3.05) is 0 Å². The maximum atomic E-state index is 13.4. The predicted octanol–water partition coefficient (Wildman–Crippen LogP) is 11.9. The first kappa shape index (κ1) is 36.6. The van der Waals surface area contributed by atoms with Crippen molar-refractivity contribution in [1.82, 2.24) is 0 Å². The van der Waals surface area contributed by atoms with Crippen LogP contribution < -0.4 is 0 Å². The molecule has 0 bridgehead atoms. The molecule has 2 aliphatic carbocycles. The van der Waals surface area contributed by atoms with Crippen molar-refractivity contribution in [2.45, 2.75) is 149 Å². The maximum absolute atomic E-state index is 13.4. The van der Waals surface area contributed by atoms with Gasteiger partial charge < -0.3 is 0 Å². The molecule has 2 aliphatic rings. The zero-order chi connectivity index (χ0) is 35.2. The van der Waals surface area contributed by atoms with E-state index in [9.17, 15) is 19.2 Å². The highest BCUT2D eigenvalue weighted by atomic mass is 16.1. The smallest absolute Gasteiger partial charge is 0.163 e. The average Bonchev–Trinajstić information content (AvgIpc) is 3.15. The standard InChI is InChI=1S/C45H56O4/c1-7-41(46)33-22-21-32(25-40(33)44(49)10-4)45(34-26-36(30-17-13-11-14-18-30)38(23-28(34)5)42(47)8-2)35-27-37(31-19-15-12-16-20-31)39(24-29(35)6)43(48)9-3/h21-27,30-31,45H,7-20H2,1-6H3. The van der Waals surface area contributed by atoms with Gasteiger partial charge in [-0.15, -0.1) is 0 Å². The molecule has 0 N–H and O–H groups in total. The normalized spacial score (nSPS) is 15.8. The van der Waals surface area contributed by atoms with Crippen LogP contribution in [-0.2, 0) is 0 Å². The maximum Gasteiger partial charge on any atom is 0.163 e. The molecule has 0 aliphatic heterocycles. The van der Waals surface area contributed by atoms with Crippen LogP contribution >= 0.6 is 0 Å². The summed E-state index contributed by atoms with van der Waals surface area (Å²) in [5, 5.41) is 0. The fourth-order valence-corrected chi connectivity index (χ4v) is 8.60. The molecular formula is C45H56O4. The summed E-state index contributed by atoms with van der Waals surface area (Å²) in [6, 6.07) is 14.7. The van der Waals surface area contributed by atoms with E-state index >= 15 is 0 Å². The van der Waals surface area contributed by atoms with Crippen LogP contribution in [0.3, 0.4) is 0 Å². The molecule has 0 spiro atoms. The van der Waals surface area contributed by atoms with Crippen LogP contribution in [0.2, 0.25) is 0 Å². The SMILES string of the molecule is CCC(=O)c1ccc(C(c2cc(C3CCCCC3)c(C(=O)CC)cc2C)c2cc(C3CCCCC3)c(C(=O)CC)cc2C)cc1C(=O)CC. The van der Waals surface area contributed by atoms with Crippen molar-refractivity contribution in [3.05, 3.63) is 104 Å². The molecule has 260 valence electrons. The van der Waals surface area contributed by atoms with Crippen molar-refractivity contribution in [2.24, 2.45) is 0 Å². The summed E-state index contributed by atoms with van der Waals surface area (Å²) in [7, 11) is 0. The number of carbonyl (C=O) groups is 4. The van der Waals surface area contributed by atoms with Crippen LogP contribution in [-0.4, -0.2) is 23.1 Å². The summed E-state index contributed by atoms with van der Waals surface area (Å²) in [6.07, 6.45) is 13.1. The number of rotatable bonds is 13. The quantitative estimate of drug-likeness (QED) is 0.135. The number of aryl methyl sites for hydroxylation is 2. The molecule has 5 rings (SSSR count). The molecule has 4 heteroatoms.